The Labute approximate surface area is 116 Å². The van der Waals surface area contributed by atoms with Crippen molar-refractivity contribution in [3.8, 4) is 6.07 Å². The highest BCUT2D eigenvalue weighted by Crippen LogP contribution is 2.11. The number of amides is 1. The first-order chi connectivity index (χ1) is 9.43. The van der Waals surface area contributed by atoms with Gasteiger partial charge in [-0.15, -0.1) is 0 Å². The van der Waals surface area contributed by atoms with E-state index in [-0.39, 0.29) is 17.2 Å². The predicted octanol–water partition coefficient (Wildman–Crippen LogP) is 1.73. The topological polar surface area (TPSA) is 102 Å². The minimum absolute atomic E-state index is 0.0745. The zero-order valence-electron chi connectivity index (χ0n) is 11.2. The van der Waals surface area contributed by atoms with Crippen molar-refractivity contribution in [3.63, 3.8) is 0 Å². The summed E-state index contributed by atoms with van der Waals surface area (Å²) in [5, 5.41) is 23.1. The van der Waals surface area contributed by atoms with Crippen LogP contribution in [-0.4, -0.2) is 23.0 Å². The lowest BCUT2D eigenvalue weighted by Gasteiger charge is -2.07. The van der Waals surface area contributed by atoms with Gasteiger partial charge in [-0.2, -0.15) is 5.26 Å². The Morgan fingerprint density at radius 1 is 1.40 bits per heavy atom. The van der Waals surface area contributed by atoms with E-state index < -0.39 is 11.9 Å². The Kier molecular flexibility index (Phi) is 5.30. The van der Waals surface area contributed by atoms with Gasteiger partial charge in [-0.1, -0.05) is 6.07 Å². The van der Waals surface area contributed by atoms with Crippen LogP contribution in [0, 0.1) is 11.3 Å². The quantitative estimate of drug-likeness (QED) is 0.560. The van der Waals surface area contributed by atoms with Crippen LogP contribution in [0.2, 0.25) is 0 Å². The van der Waals surface area contributed by atoms with Crippen LogP contribution in [-0.2, 0) is 4.79 Å². The van der Waals surface area contributed by atoms with Gasteiger partial charge in [-0.3, -0.25) is 4.79 Å². The normalized spacial score (nSPS) is 10.8. The standard InChI is InChI=1S/C14H15N3O3/c1-9(2)17-13(18)11(7-15)8-16-12-5-3-4-10(6-12)14(19)20/h3-6,8-9,16H,1-2H3,(H,17,18)(H,19,20)/b11-8-. The van der Waals surface area contributed by atoms with Crippen molar-refractivity contribution in [3.05, 3.63) is 41.6 Å². The summed E-state index contributed by atoms with van der Waals surface area (Å²) in [4.78, 5) is 22.5. The summed E-state index contributed by atoms with van der Waals surface area (Å²) in [5.74, 6) is -1.53. The number of rotatable bonds is 5. The number of hydrogen-bond donors (Lipinski definition) is 3. The number of aromatic carboxylic acids is 1. The van der Waals surface area contributed by atoms with E-state index in [2.05, 4.69) is 10.6 Å². The van der Waals surface area contributed by atoms with Crippen LogP contribution in [0.4, 0.5) is 5.69 Å². The Balaban J connectivity index is 2.84. The number of nitriles is 1. The Morgan fingerprint density at radius 3 is 2.65 bits per heavy atom. The van der Waals surface area contributed by atoms with Crippen LogP contribution >= 0.6 is 0 Å². The summed E-state index contributed by atoms with van der Waals surface area (Å²) in [6, 6.07) is 7.78. The van der Waals surface area contributed by atoms with Crippen molar-refractivity contribution in [2.24, 2.45) is 0 Å². The molecule has 0 aromatic heterocycles. The number of nitrogens with one attached hydrogen (secondary N) is 2. The molecule has 0 radical (unpaired) electrons. The second-order valence-electron chi connectivity index (χ2n) is 4.33. The van der Waals surface area contributed by atoms with Crippen LogP contribution in [0.3, 0.4) is 0 Å². The van der Waals surface area contributed by atoms with Crippen LogP contribution < -0.4 is 10.6 Å². The van der Waals surface area contributed by atoms with Gasteiger partial charge < -0.3 is 15.7 Å². The van der Waals surface area contributed by atoms with E-state index in [4.69, 9.17) is 10.4 Å². The third kappa shape index (κ3) is 4.46. The molecule has 6 heteroatoms. The molecule has 6 nitrogen and oxygen atoms in total. The summed E-state index contributed by atoms with van der Waals surface area (Å²) in [5.41, 5.74) is 0.517. The summed E-state index contributed by atoms with van der Waals surface area (Å²) >= 11 is 0. The van der Waals surface area contributed by atoms with Gasteiger partial charge in [0.05, 0.1) is 5.56 Å². The number of carbonyl (C=O) groups is 2. The number of benzene rings is 1. The van der Waals surface area contributed by atoms with Gasteiger partial charge in [-0.25, -0.2) is 4.79 Å². The first-order valence-electron chi connectivity index (χ1n) is 5.95. The van der Waals surface area contributed by atoms with Crippen molar-refractivity contribution in [1.82, 2.24) is 5.32 Å². The van der Waals surface area contributed by atoms with Crippen molar-refractivity contribution in [2.45, 2.75) is 19.9 Å². The molecule has 0 saturated heterocycles. The molecule has 1 amide bonds. The molecule has 0 bridgehead atoms. The monoisotopic (exact) mass is 273 g/mol. The van der Waals surface area contributed by atoms with E-state index in [0.717, 1.165) is 0 Å². The highest BCUT2D eigenvalue weighted by atomic mass is 16.4. The fourth-order valence-electron chi connectivity index (χ4n) is 1.39. The first-order valence-corrected chi connectivity index (χ1v) is 5.95. The Bertz CT molecular complexity index is 586. The van der Waals surface area contributed by atoms with E-state index in [1.807, 2.05) is 0 Å². The molecule has 1 rings (SSSR count). The number of carboxylic acid groups (broad SMARTS) is 1. The molecule has 104 valence electrons. The number of carboxylic acids is 1. The fourth-order valence-corrected chi connectivity index (χ4v) is 1.39. The van der Waals surface area contributed by atoms with Crippen molar-refractivity contribution >= 4 is 17.6 Å². The largest absolute Gasteiger partial charge is 0.478 e. The lowest BCUT2D eigenvalue weighted by Crippen LogP contribution is -2.31. The molecule has 0 fully saturated rings. The number of nitrogens with zero attached hydrogens (tertiary/aromatic N) is 1. The van der Waals surface area contributed by atoms with Crippen LogP contribution in [0.25, 0.3) is 0 Å². The van der Waals surface area contributed by atoms with Gasteiger partial charge in [0.15, 0.2) is 0 Å². The zero-order chi connectivity index (χ0) is 15.1. The zero-order valence-corrected chi connectivity index (χ0v) is 11.2. The molecular formula is C14H15N3O3. The molecular weight excluding hydrogens is 258 g/mol. The lowest BCUT2D eigenvalue weighted by molar-refractivity contribution is -0.117. The van der Waals surface area contributed by atoms with Crippen molar-refractivity contribution < 1.29 is 14.7 Å². The number of hydrogen-bond acceptors (Lipinski definition) is 4. The van der Waals surface area contributed by atoms with E-state index >= 15 is 0 Å². The Hall–Kier alpha value is -2.81. The minimum Gasteiger partial charge on any atom is -0.478 e. The summed E-state index contributed by atoms with van der Waals surface area (Å²) in [7, 11) is 0. The molecule has 0 aliphatic carbocycles. The molecule has 20 heavy (non-hydrogen) atoms. The van der Waals surface area contributed by atoms with E-state index in [0.29, 0.717) is 5.69 Å². The average molecular weight is 273 g/mol. The smallest absolute Gasteiger partial charge is 0.335 e. The number of anilines is 1. The van der Waals surface area contributed by atoms with E-state index in [9.17, 15) is 9.59 Å². The van der Waals surface area contributed by atoms with Crippen LogP contribution in [0.1, 0.15) is 24.2 Å². The molecule has 0 heterocycles. The molecule has 1 aromatic rings. The second kappa shape index (κ2) is 6.95. The summed E-state index contributed by atoms with van der Waals surface area (Å²) in [6.07, 6.45) is 1.25. The molecule has 0 saturated carbocycles. The first kappa shape index (κ1) is 15.2. The van der Waals surface area contributed by atoms with E-state index in [1.54, 1.807) is 32.0 Å². The van der Waals surface area contributed by atoms with Crippen LogP contribution in [0.15, 0.2) is 36.0 Å². The van der Waals surface area contributed by atoms with Gasteiger partial charge in [0.1, 0.15) is 11.6 Å². The molecule has 0 aliphatic heterocycles. The fraction of sp³-hybridized carbons (Fsp3) is 0.214. The SMILES string of the molecule is CC(C)NC(=O)/C(C#N)=C\Nc1cccc(C(=O)O)c1. The van der Waals surface area contributed by atoms with Crippen molar-refractivity contribution in [1.29, 1.82) is 5.26 Å². The third-order valence-electron chi connectivity index (χ3n) is 2.28. The van der Waals surface area contributed by atoms with Crippen LogP contribution in [0.5, 0.6) is 0 Å². The van der Waals surface area contributed by atoms with Gasteiger partial charge in [-0.05, 0) is 32.0 Å². The second-order valence-corrected chi connectivity index (χ2v) is 4.33. The molecule has 0 spiro atoms. The minimum atomic E-state index is -1.05. The van der Waals surface area contributed by atoms with Crippen molar-refractivity contribution in [2.75, 3.05) is 5.32 Å². The maximum Gasteiger partial charge on any atom is 0.335 e. The third-order valence-corrected chi connectivity index (χ3v) is 2.28. The van der Waals surface area contributed by atoms with Gasteiger partial charge in [0.25, 0.3) is 5.91 Å². The highest BCUT2D eigenvalue weighted by Gasteiger charge is 2.09. The maximum atomic E-state index is 11.6. The summed E-state index contributed by atoms with van der Waals surface area (Å²) in [6.45, 7) is 3.58. The van der Waals surface area contributed by atoms with E-state index in [1.165, 1.54) is 18.3 Å². The molecule has 1 aromatic carbocycles. The molecule has 3 N–H and O–H groups in total. The highest BCUT2D eigenvalue weighted by molar-refractivity contribution is 5.97. The predicted molar refractivity (Wildman–Crippen MR) is 74.0 cm³/mol. The molecule has 0 aliphatic rings. The van der Waals surface area contributed by atoms with Gasteiger partial charge in [0, 0.05) is 17.9 Å². The maximum absolute atomic E-state index is 11.6. The van der Waals surface area contributed by atoms with Gasteiger partial charge in [0.2, 0.25) is 0 Å². The number of carbonyl (C=O) groups excluding carboxylic acids is 1. The Morgan fingerprint density at radius 2 is 2.10 bits per heavy atom. The summed E-state index contributed by atoms with van der Waals surface area (Å²) < 4.78 is 0. The molecule has 0 atom stereocenters. The lowest BCUT2D eigenvalue weighted by atomic mass is 10.2. The van der Waals surface area contributed by atoms with Gasteiger partial charge >= 0.3 is 5.97 Å². The molecule has 0 unspecified atom stereocenters. The average Bonchev–Trinajstić information content (AvgIpc) is 2.39.